The van der Waals surface area contributed by atoms with Gasteiger partial charge in [-0.1, -0.05) is 6.07 Å². The second-order valence-electron chi connectivity index (χ2n) is 6.13. The molecule has 0 aliphatic carbocycles. The van der Waals surface area contributed by atoms with Crippen molar-refractivity contribution < 1.29 is 17.9 Å². The first kappa shape index (κ1) is 19.2. The molecule has 134 valence electrons. The van der Waals surface area contributed by atoms with E-state index in [9.17, 15) is 13.2 Å². The third-order valence-corrected chi connectivity index (χ3v) is 6.98. The quantitative estimate of drug-likeness (QED) is 0.815. The number of esters is 1. The smallest absolute Gasteiger partial charge is 0.338 e. The number of halogens is 1. The fourth-order valence-electron chi connectivity index (χ4n) is 3.67. The van der Waals surface area contributed by atoms with E-state index in [2.05, 4.69) is 5.32 Å². The zero-order valence-electron chi connectivity index (χ0n) is 13.8. The zero-order chi connectivity index (χ0) is 16.6. The molecule has 6 nitrogen and oxygen atoms in total. The summed E-state index contributed by atoms with van der Waals surface area (Å²) in [5.41, 5.74) is 0.754. The first-order valence-electron chi connectivity index (χ1n) is 7.89. The summed E-state index contributed by atoms with van der Waals surface area (Å²) in [7, 11) is -2.34. The van der Waals surface area contributed by atoms with Crippen LogP contribution in [0.1, 0.15) is 35.2 Å². The maximum absolute atomic E-state index is 13.2. The lowest BCUT2D eigenvalue weighted by atomic mass is 10.1. The minimum Gasteiger partial charge on any atom is -0.465 e. The van der Waals surface area contributed by atoms with Gasteiger partial charge in [0.05, 0.1) is 17.6 Å². The predicted molar refractivity (Wildman–Crippen MR) is 93.1 cm³/mol. The van der Waals surface area contributed by atoms with Gasteiger partial charge in [-0.3, -0.25) is 0 Å². The van der Waals surface area contributed by atoms with Crippen LogP contribution in [0.3, 0.4) is 0 Å². The molecule has 0 aromatic heterocycles. The van der Waals surface area contributed by atoms with Crippen LogP contribution >= 0.6 is 12.4 Å². The maximum Gasteiger partial charge on any atom is 0.338 e. The molecule has 24 heavy (non-hydrogen) atoms. The number of fused-ring (bicyclic) bond motifs is 2. The lowest BCUT2D eigenvalue weighted by Crippen LogP contribution is -2.42. The van der Waals surface area contributed by atoms with Gasteiger partial charge in [0, 0.05) is 18.6 Å². The van der Waals surface area contributed by atoms with Gasteiger partial charge in [0.25, 0.3) is 0 Å². The van der Waals surface area contributed by atoms with Crippen molar-refractivity contribution in [2.45, 2.75) is 43.2 Å². The van der Waals surface area contributed by atoms with Gasteiger partial charge in [0.1, 0.15) is 0 Å². The van der Waals surface area contributed by atoms with Crippen molar-refractivity contribution >= 4 is 28.4 Å². The molecule has 2 heterocycles. The summed E-state index contributed by atoms with van der Waals surface area (Å²) in [6.07, 6.45) is 2.61. The van der Waals surface area contributed by atoms with E-state index in [1.54, 1.807) is 29.4 Å². The average Bonchev–Trinajstić information content (AvgIpc) is 2.80. The second-order valence-corrected chi connectivity index (χ2v) is 7.94. The standard InChI is InChI=1S/C16H22N2O4S.ClH/c1-11-14(16(19)22-2)4-3-5-15(11)23(20,21)18-12-6-7-13(18)10-17-9-8-12;/h3-5,12-13,17H,6-10H2,1-2H3;1H. The number of benzene rings is 1. The summed E-state index contributed by atoms with van der Waals surface area (Å²) in [6, 6.07) is 4.81. The maximum atomic E-state index is 13.2. The molecule has 2 bridgehead atoms. The van der Waals surface area contributed by atoms with Crippen molar-refractivity contribution in [3.63, 3.8) is 0 Å². The summed E-state index contributed by atoms with van der Waals surface area (Å²) >= 11 is 0. The largest absolute Gasteiger partial charge is 0.465 e. The van der Waals surface area contributed by atoms with E-state index < -0.39 is 16.0 Å². The van der Waals surface area contributed by atoms with Crippen molar-refractivity contribution in [3.05, 3.63) is 29.3 Å². The van der Waals surface area contributed by atoms with E-state index in [0.717, 1.165) is 25.8 Å². The Morgan fingerprint density at radius 2 is 1.96 bits per heavy atom. The molecule has 2 aliphatic heterocycles. The Balaban J connectivity index is 0.00000208. The summed E-state index contributed by atoms with van der Waals surface area (Å²) in [4.78, 5) is 12.1. The summed E-state index contributed by atoms with van der Waals surface area (Å²) in [6.45, 7) is 3.19. The number of hydrogen-bond acceptors (Lipinski definition) is 5. The van der Waals surface area contributed by atoms with Crippen molar-refractivity contribution in [3.8, 4) is 0 Å². The molecule has 1 aromatic carbocycles. The Kier molecular flexibility index (Phi) is 5.91. The van der Waals surface area contributed by atoms with Crippen LogP contribution in [0.2, 0.25) is 0 Å². The first-order valence-corrected chi connectivity index (χ1v) is 9.33. The van der Waals surface area contributed by atoms with E-state index in [1.807, 2.05) is 0 Å². The lowest BCUT2D eigenvalue weighted by molar-refractivity contribution is 0.0599. The molecule has 0 radical (unpaired) electrons. The highest BCUT2D eigenvalue weighted by molar-refractivity contribution is 7.89. The Labute approximate surface area is 149 Å². The number of hydrogen-bond donors (Lipinski definition) is 1. The third-order valence-electron chi connectivity index (χ3n) is 4.83. The zero-order valence-corrected chi connectivity index (χ0v) is 15.5. The number of methoxy groups -OCH3 is 1. The molecular weight excluding hydrogens is 352 g/mol. The van der Waals surface area contributed by atoms with Crippen LogP contribution in [-0.2, 0) is 14.8 Å². The minimum atomic E-state index is -3.63. The van der Waals surface area contributed by atoms with Crippen molar-refractivity contribution in [1.82, 2.24) is 9.62 Å². The van der Waals surface area contributed by atoms with Gasteiger partial charge in [0.15, 0.2) is 0 Å². The number of nitrogens with zero attached hydrogens (tertiary/aromatic N) is 1. The van der Waals surface area contributed by atoms with E-state index in [-0.39, 0.29) is 29.4 Å². The molecule has 2 fully saturated rings. The SMILES string of the molecule is COC(=O)c1cccc(S(=O)(=O)N2C3CCNCC2CC3)c1C.Cl. The molecule has 2 aliphatic rings. The molecule has 3 rings (SSSR count). The van der Waals surface area contributed by atoms with Gasteiger partial charge in [-0.25, -0.2) is 13.2 Å². The fourth-order valence-corrected chi connectivity index (χ4v) is 5.82. The fraction of sp³-hybridized carbons (Fsp3) is 0.562. The molecule has 0 amide bonds. The van der Waals surface area contributed by atoms with Gasteiger partial charge in [0.2, 0.25) is 10.0 Å². The Bertz CT molecular complexity index is 709. The van der Waals surface area contributed by atoms with E-state index in [0.29, 0.717) is 17.7 Å². The predicted octanol–water partition coefficient (Wildman–Crippen LogP) is 1.72. The highest BCUT2D eigenvalue weighted by atomic mass is 35.5. The summed E-state index contributed by atoms with van der Waals surface area (Å²) < 4.78 is 32.9. The van der Waals surface area contributed by atoms with Crippen LogP contribution < -0.4 is 5.32 Å². The number of carbonyl (C=O) groups is 1. The number of sulfonamides is 1. The van der Waals surface area contributed by atoms with Crippen LogP contribution in [0.25, 0.3) is 0 Å². The summed E-state index contributed by atoms with van der Waals surface area (Å²) in [5, 5.41) is 3.31. The molecule has 1 N–H and O–H groups in total. The van der Waals surface area contributed by atoms with E-state index in [4.69, 9.17) is 4.74 Å². The van der Waals surface area contributed by atoms with Gasteiger partial charge in [-0.15, -0.1) is 12.4 Å². The van der Waals surface area contributed by atoms with Crippen LogP contribution in [0.15, 0.2) is 23.1 Å². The van der Waals surface area contributed by atoms with Gasteiger partial charge >= 0.3 is 5.97 Å². The molecule has 8 heteroatoms. The third kappa shape index (κ3) is 3.18. The number of nitrogens with one attached hydrogen (secondary N) is 1. The topological polar surface area (TPSA) is 75.7 Å². The summed E-state index contributed by atoms with van der Waals surface area (Å²) in [5.74, 6) is -0.514. The molecular formula is C16H23ClN2O4S. The number of carbonyl (C=O) groups excluding carboxylic acids is 1. The van der Waals surface area contributed by atoms with E-state index in [1.165, 1.54) is 7.11 Å². The number of rotatable bonds is 3. The molecule has 2 unspecified atom stereocenters. The van der Waals surface area contributed by atoms with Crippen molar-refractivity contribution in [2.24, 2.45) is 0 Å². The molecule has 2 saturated heterocycles. The lowest BCUT2D eigenvalue weighted by Gasteiger charge is -2.27. The second kappa shape index (κ2) is 7.39. The van der Waals surface area contributed by atoms with E-state index >= 15 is 0 Å². The highest BCUT2D eigenvalue weighted by Gasteiger charge is 2.43. The Hall–Kier alpha value is -1.15. The first-order chi connectivity index (χ1) is 11.0. The minimum absolute atomic E-state index is 0. The van der Waals surface area contributed by atoms with Gasteiger partial charge < -0.3 is 10.1 Å². The molecule has 1 aromatic rings. The van der Waals surface area contributed by atoms with Crippen LogP contribution in [0.5, 0.6) is 0 Å². The van der Waals surface area contributed by atoms with Gasteiger partial charge in [-0.2, -0.15) is 4.31 Å². The van der Waals surface area contributed by atoms with Crippen LogP contribution in [0, 0.1) is 6.92 Å². The van der Waals surface area contributed by atoms with Crippen LogP contribution in [0.4, 0.5) is 0 Å². The average molecular weight is 375 g/mol. The molecule has 0 spiro atoms. The Morgan fingerprint density at radius 3 is 2.67 bits per heavy atom. The highest BCUT2D eigenvalue weighted by Crippen LogP contribution is 2.35. The molecule has 0 saturated carbocycles. The normalized spacial score (nSPS) is 24.1. The number of ether oxygens (including phenoxy) is 1. The monoisotopic (exact) mass is 374 g/mol. The van der Waals surface area contributed by atoms with Crippen LogP contribution in [-0.4, -0.2) is 51.0 Å². The van der Waals surface area contributed by atoms with Crippen molar-refractivity contribution in [1.29, 1.82) is 0 Å². The molecule has 2 atom stereocenters. The Morgan fingerprint density at radius 1 is 1.25 bits per heavy atom. The van der Waals surface area contributed by atoms with Gasteiger partial charge in [-0.05, 0) is 50.4 Å². The van der Waals surface area contributed by atoms with Crippen molar-refractivity contribution in [2.75, 3.05) is 20.2 Å².